The van der Waals surface area contributed by atoms with Crippen molar-refractivity contribution >= 4 is 28.6 Å². The van der Waals surface area contributed by atoms with Crippen LogP contribution in [0.15, 0.2) is 11.4 Å². The fraction of sp³-hybridized carbons (Fsp3) is 0.556. The maximum Gasteiger partial charge on any atom is 0.345 e. The summed E-state index contributed by atoms with van der Waals surface area (Å²) in [5.41, 5.74) is 2.35. The number of aromatic nitrogens is 1. The maximum atomic E-state index is 11.1. The Bertz CT molecular complexity index is 720. The molecule has 24 heavy (non-hydrogen) atoms. The second-order valence-electron chi connectivity index (χ2n) is 6.84. The van der Waals surface area contributed by atoms with Gasteiger partial charge in [-0.15, -0.1) is 22.7 Å². The molecule has 2 aromatic heterocycles. The predicted molar refractivity (Wildman–Crippen MR) is 99.5 cm³/mol. The predicted octanol–water partition coefficient (Wildman–Crippen LogP) is 4.71. The van der Waals surface area contributed by atoms with Crippen molar-refractivity contribution in [3.05, 3.63) is 37.5 Å². The molecule has 6 heteroatoms. The van der Waals surface area contributed by atoms with Crippen molar-refractivity contribution in [2.45, 2.75) is 52.0 Å². The average molecular weight is 365 g/mol. The molecule has 0 radical (unpaired) electrons. The van der Waals surface area contributed by atoms with Crippen molar-refractivity contribution in [2.24, 2.45) is 0 Å². The van der Waals surface area contributed by atoms with Gasteiger partial charge >= 0.3 is 5.97 Å². The average Bonchev–Trinajstić information content (AvgIpc) is 3.16. The van der Waals surface area contributed by atoms with Crippen LogP contribution in [0.1, 0.15) is 69.3 Å². The molecule has 1 aliphatic rings. The van der Waals surface area contributed by atoms with Gasteiger partial charge in [0.25, 0.3) is 0 Å². The molecule has 2 aromatic rings. The molecule has 1 saturated heterocycles. The zero-order valence-corrected chi connectivity index (χ0v) is 16.0. The monoisotopic (exact) mass is 364 g/mol. The zero-order valence-electron chi connectivity index (χ0n) is 14.4. The lowest BCUT2D eigenvalue weighted by molar-refractivity contribution is 0.0702. The molecule has 3 rings (SSSR count). The van der Waals surface area contributed by atoms with Gasteiger partial charge in [-0.05, 0) is 43.9 Å². The number of carbonyl (C=O) groups is 1. The van der Waals surface area contributed by atoms with Gasteiger partial charge in [-0.3, -0.25) is 4.90 Å². The molecule has 1 aliphatic heterocycles. The van der Waals surface area contributed by atoms with Gasteiger partial charge in [0.15, 0.2) is 0 Å². The van der Waals surface area contributed by atoms with Crippen molar-refractivity contribution in [2.75, 3.05) is 13.1 Å². The maximum absolute atomic E-state index is 11.1. The van der Waals surface area contributed by atoms with Gasteiger partial charge in [-0.1, -0.05) is 13.8 Å². The van der Waals surface area contributed by atoms with Gasteiger partial charge in [-0.2, -0.15) is 0 Å². The fourth-order valence-electron chi connectivity index (χ4n) is 3.18. The molecule has 130 valence electrons. The Kier molecular flexibility index (Phi) is 5.37. The second-order valence-corrected chi connectivity index (χ2v) is 8.98. The van der Waals surface area contributed by atoms with Crippen molar-refractivity contribution in [3.63, 3.8) is 0 Å². The number of hydrogen-bond acceptors (Lipinski definition) is 5. The first-order chi connectivity index (χ1) is 11.4. The largest absolute Gasteiger partial charge is 0.477 e. The van der Waals surface area contributed by atoms with Crippen molar-refractivity contribution in [3.8, 4) is 0 Å². The lowest BCUT2D eigenvalue weighted by Gasteiger charge is -2.31. The summed E-state index contributed by atoms with van der Waals surface area (Å²) in [6.07, 6.45) is 2.38. The van der Waals surface area contributed by atoms with Gasteiger partial charge in [0, 0.05) is 29.3 Å². The minimum Gasteiger partial charge on any atom is -0.477 e. The van der Waals surface area contributed by atoms with Crippen LogP contribution in [0.25, 0.3) is 0 Å². The first-order valence-corrected chi connectivity index (χ1v) is 10.1. The number of likely N-dealkylation sites (tertiary alicyclic amines) is 1. The molecule has 0 spiro atoms. The standard InChI is InChI=1S/C18H24N2O2S2/c1-11(2)15-10-23-17(19-15)13-5-4-6-20(8-13)9-14-7-16(18(21)22)24-12(14)3/h7,10-11,13H,4-6,8-9H2,1-3H3,(H,21,22). The number of hydrogen-bond donors (Lipinski definition) is 1. The third-order valence-electron chi connectivity index (χ3n) is 4.61. The third kappa shape index (κ3) is 3.87. The number of piperidine rings is 1. The lowest BCUT2D eigenvalue weighted by Crippen LogP contribution is -2.33. The van der Waals surface area contributed by atoms with E-state index in [9.17, 15) is 4.79 Å². The number of aryl methyl sites for hydroxylation is 1. The summed E-state index contributed by atoms with van der Waals surface area (Å²) in [7, 11) is 0. The number of carboxylic acids is 1. The summed E-state index contributed by atoms with van der Waals surface area (Å²) >= 11 is 3.17. The molecule has 0 aromatic carbocycles. The van der Waals surface area contributed by atoms with Crippen molar-refractivity contribution < 1.29 is 9.90 Å². The Morgan fingerprint density at radius 2 is 2.29 bits per heavy atom. The quantitative estimate of drug-likeness (QED) is 0.834. The first-order valence-electron chi connectivity index (χ1n) is 8.44. The Hall–Kier alpha value is -1.24. The van der Waals surface area contributed by atoms with Crippen LogP contribution in [-0.2, 0) is 6.54 Å². The van der Waals surface area contributed by atoms with E-state index < -0.39 is 5.97 Å². The van der Waals surface area contributed by atoms with Crippen molar-refractivity contribution in [1.29, 1.82) is 0 Å². The van der Waals surface area contributed by atoms with Gasteiger partial charge in [0.05, 0.1) is 10.7 Å². The van der Waals surface area contributed by atoms with E-state index >= 15 is 0 Å². The minimum atomic E-state index is -0.824. The molecule has 1 unspecified atom stereocenters. The molecular formula is C18H24N2O2S2. The molecule has 1 atom stereocenters. The minimum absolute atomic E-state index is 0.442. The van der Waals surface area contributed by atoms with Gasteiger partial charge in [0.1, 0.15) is 4.88 Å². The summed E-state index contributed by atoms with van der Waals surface area (Å²) in [4.78, 5) is 20.0. The van der Waals surface area contributed by atoms with Crippen LogP contribution in [0.3, 0.4) is 0 Å². The summed E-state index contributed by atoms with van der Waals surface area (Å²) in [5, 5.41) is 12.6. The van der Waals surface area contributed by atoms with Crippen LogP contribution in [0.5, 0.6) is 0 Å². The summed E-state index contributed by atoms with van der Waals surface area (Å²) < 4.78 is 0. The topological polar surface area (TPSA) is 53.4 Å². The highest BCUT2D eigenvalue weighted by Crippen LogP contribution is 2.32. The molecular weight excluding hydrogens is 340 g/mol. The first kappa shape index (κ1) is 17.6. The molecule has 0 aliphatic carbocycles. The summed E-state index contributed by atoms with van der Waals surface area (Å²) in [6, 6.07) is 1.84. The van der Waals surface area contributed by atoms with Crippen LogP contribution in [0, 0.1) is 6.92 Å². The third-order valence-corrected chi connectivity index (χ3v) is 6.72. The molecule has 1 N–H and O–H groups in total. The highest BCUT2D eigenvalue weighted by molar-refractivity contribution is 7.14. The number of thiophene rings is 1. The van der Waals surface area contributed by atoms with Crippen LogP contribution >= 0.6 is 22.7 Å². The Balaban J connectivity index is 1.68. The summed E-state index contributed by atoms with van der Waals surface area (Å²) in [6.45, 7) is 9.33. The SMILES string of the molecule is Cc1sc(C(=O)O)cc1CN1CCCC(c2nc(C(C)C)cs2)C1. The molecule has 0 amide bonds. The Labute approximate surface area is 151 Å². The fourth-order valence-corrected chi connectivity index (χ4v) is 5.16. The normalized spacial score (nSPS) is 19.1. The molecule has 4 nitrogen and oxygen atoms in total. The number of rotatable bonds is 5. The van der Waals surface area contributed by atoms with Gasteiger partial charge in [-0.25, -0.2) is 9.78 Å². The number of nitrogens with zero attached hydrogens (tertiary/aromatic N) is 2. The van der Waals surface area contributed by atoms with E-state index in [4.69, 9.17) is 10.1 Å². The number of aromatic carboxylic acids is 1. The highest BCUT2D eigenvalue weighted by Gasteiger charge is 2.25. The smallest absolute Gasteiger partial charge is 0.345 e. The molecule has 1 fully saturated rings. The Morgan fingerprint density at radius 3 is 2.92 bits per heavy atom. The molecule has 3 heterocycles. The Morgan fingerprint density at radius 1 is 1.50 bits per heavy atom. The van der Waals surface area contributed by atoms with E-state index in [0.717, 1.165) is 30.1 Å². The van der Waals surface area contributed by atoms with E-state index in [1.165, 1.54) is 34.9 Å². The zero-order chi connectivity index (χ0) is 17.3. The molecule has 0 bridgehead atoms. The highest BCUT2D eigenvalue weighted by atomic mass is 32.1. The van der Waals surface area contributed by atoms with Crippen LogP contribution in [0.2, 0.25) is 0 Å². The number of thiazole rings is 1. The van der Waals surface area contributed by atoms with E-state index in [1.54, 1.807) is 11.3 Å². The van der Waals surface area contributed by atoms with Gasteiger partial charge < -0.3 is 5.11 Å². The van der Waals surface area contributed by atoms with Crippen LogP contribution < -0.4 is 0 Å². The van der Waals surface area contributed by atoms with E-state index in [0.29, 0.717) is 16.7 Å². The number of carboxylic acid groups (broad SMARTS) is 1. The lowest BCUT2D eigenvalue weighted by atomic mass is 9.98. The second kappa shape index (κ2) is 7.33. The van der Waals surface area contributed by atoms with Crippen molar-refractivity contribution in [1.82, 2.24) is 9.88 Å². The van der Waals surface area contributed by atoms with Crippen LogP contribution in [0.4, 0.5) is 0 Å². The van der Waals surface area contributed by atoms with Crippen LogP contribution in [-0.4, -0.2) is 34.0 Å². The van der Waals surface area contributed by atoms with Gasteiger partial charge in [0.2, 0.25) is 0 Å². The van der Waals surface area contributed by atoms with E-state index in [1.807, 2.05) is 13.0 Å². The molecule has 0 saturated carbocycles. The van der Waals surface area contributed by atoms with E-state index in [2.05, 4.69) is 24.1 Å². The van der Waals surface area contributed by atoms with E-state index in [-0.39, 0.29) is 0 Å². The summed E-state index contributed by atoms with van der Waals surface area (Å²) in [5.74, 6) is 0.168.